The molecule has 3 heterocycles. The molecule has 4 bridgehead atoms. The van der Waals surface area contributed by atoms with Crippen LogP contribution in [-0.4, -0.2) is 35.6 Å². The zero-order valence-corrected chi connectivity index (χ0v) is 9.49. The van der Waals surface area contributed by atoms with Gasteiger partial charge in [0.05, 0.1) is 0 Å². The maximum absolute atomic E-state index is 3.84. The van der Waals surface area contributed by atoms with Gasteiger partial charge in [-0.15, -0.1) is 0 Å². The summed E-state index contributed by atoms with van der Waals surface area (Å²) >= 11 is 0. The van der Waals surface area contributed by atoms with Crippen molar-refractivity contribution in [2.45, 2.75) is 69.1 Å². The molecule has 0 aromatic carbocycles. The van der Waals surface area contributed by atoms with Gasteiger partial charge in [0.2, 0.25) is 0 Å². The summed E-state index contributed by atoms with van der Waals surface area (Å²) in [6.07, 6.45) is 10.4. The van der Waals surface area contributed by atoms with Gasteiger partial charge in [0.25, 0.3) is 0 Å². The molecule has 1 aliphatic carbocycles. The Labute approximate surface area is 92.4 Å². The molecule has 0 aromatic heterocycles. The van der Waals surface area contributed by atoms with Crippen molar-refractivity contribution < 1.29 is 0 Å². The van der Waals surface area contributed by atoms with Gasteiger partial charge in [-0.1, -0.05) is 0 Å². The zero-order chi connectivity index (χ0) is 9.83. The summed E-state index contributed by atoms with van der Waals surface area (Å²) in [5.74, 6) is 1.06. The number of hydrogen-bond acceptors (Lipinski definition) is 2. The minimum absolute atomic E-state index is 0.850. The second-order valence-corrected chi connectivity index (χ2v) is 6.22. The standard InChI is InChI=1S/C13H22N2/c1-4-11-7-9(1)8-15(11)13-6-3-10-2-5-12(13)14-10/h9-14H,1-8H2. The van der Waals surface area contributed by atoms with E-state index in [9.17, 15) is 0 Å². The lowest BCUT2D eigenvalue weighted by molar-refractivity contribution is 0.0993. The van der Waals surface area contributed by atoms with Gasteiger partial charge in [0.1, 0.15) is 0 Å². The Kier molecular flexibility index (Phi) is 1.92. The van der Waals surface area contributed by atoms with E-state index >= 15 is 0 Å². The molecule has 3 aliphatic heterocycles. The first-order valence-electron chi connectivity index (χ1n) is 6.92. The number of nitrogens with zero attached hydrogens (tertiary/aromatic N) is 1. The lowest BCUT2D eigenvalue weighted by Gasteiger charge is -2.41. The first kappa shape index (κ1) is 9.00. The SMILES string of the molecule is C1CC2CC1CN2C1CCC2CCC1N2. The van der Waals surface area contributed by atoms with E-state index in [1.54, 1.807) is 0 Å². The Morgan fingerprint density at radius 3 is 2.67 bits per heavy atom. The van der Waals surface area contributed by atoms with Crippen LogP contribution in [0.25, 0.3) is 0 Å². The average Bonchev–Trinajstić information content (AvgIpc) is 2.94. The van der Waals surface area contributed by atoms with Gasteiger partial charge in [-0.25, -0.2) is 0 Å². The fourth-order valence-electron chi connectivity index (χ4n) is 4.72. The fourth-order valence-corrected chi connectivity index (χ4v) is 4.72. The number of fused-ring (bicyclic) bond motifs is 4. The number of rotatable bonds is 1. The highest BCUT2D eigenvalue weighted by Crippen LogP contribution is 2.42. The minimum atomic E-state index is 0.850. The van der Waals surface area contributed by atoms with Crippen LogP contribution in [0, 0.1) is 5.92 Å². The monoisotopic (exact) mass is 206 g/mol. The molecule has 2 nitrogen and oxygen atoms in total. The second-order valence-electron chi connectivity index (χ2n) is 6.22. The van der Waals surface area contributed by atoms with E-state index in [4.69, 9.17) is 0 Å². The van der Waals surface area contributed by atoms with Crippen LogP contribution in [0.5, 0.6) is 0 Å². The Morgan fingerprint density at radius 1 is 0.933 bits per heavy atom. The third-order valence-corrected chi connectivity index (χ3v) is 5.43. The summed E-state index contributed by atoms with van der Waals surface area (Å²) < 4.78 is 0. The van der Waals surface area contributed by atoms with Crippen molar-refractivity contribution in [3.63, 3.8) is 0 Å². The lowest BCUT2D eigenvalue weighted by Crippen LogP contribution is -2.54. The molecule has 2 heteroatoms. The Morgan fingerprint density at radius 2 is 1.87 bits per heavy atom. The van der Waals surface area contributed by atoms with E-state index in [0.717, 1.165) is 30.1 Å². The summed E-state index contributed by atoms with van der Waals surface area (Å²) in [6, 6.07) is 3.60. The molecule has 4 aliphatic rings. The molecule has 1 saturated carbocycles. The molecule has 1 N–H and O–H groups in total. The third kappa shape index (κ3) is 1.31. The summed E-state index contributed by atoms with van der Waals surface area (Å²) in [4.78, 5) is 2.88. The van der Waals surface area contributed by atoms with Crippen molar-refractivity contribution in [2.24, 2.45) is 5.92 Å². The molecule has 3 saturated heterocycles. The van der Waals surface area contributed by atoms with Gasteiger partial charge in [-0.2, -0.15) is 0 Å². The summed E-state index contributed by atoms with van der Waals surface area (Å²) in [5, 5.41) is 3.84. The molecule has 84 valence electrons. The van der Waals surface area contributed by atoms with Crippen molar-refractivity contribution in [3.05, 3.63) is 0 Å². The first-order chi connectivity index (χ1) is 7.40. The third-order valence-electron chi connectivity index (χ3n) is 5.43. The summed E-state index contributed by atoms with van der Waals surface area (Å²) in [7, 11) is 0. The van der Waals surface area contributed by atoms with E-state index in [1.165, 1.54) is 51.5 Å². The topological polar surface area (TPSA) is 15.3 Å². The zero-order valence-electron chi connectivity index (χ0n) is 9.49. The van der Waals surface area contributed by atoms with Gasteiger partial charge in [0, 0.05) is 30.7 Å². The summed E-state index contributed by atoms with van der Waals surface area (Å²) in [6.45, 7) is 1.43. The van der Waals surface area contributed by atoms with Crippen LogP contribution in [0.1, 0.15) is 44.9 Å². The predicted octanol–water partition coefficient (Wildman–Crippen LogP) is 1.75. The highest BCUT2D eigenvalue weighted by atomic mass is 15.3. The van der Waals surface area contributed by atoms with Crippen molar-refractivity contribution in [2.75, 3.05) is 6.54 Å². The highest BCUT2D eigenvalue weighted by molar-refractivity contribution is 5.03. The molecule has 0 amide bonds. The van der Waals surface area contributed by atoms with E-state index in [-0.39, 0.29) is 0 Å². The first-order valence-corrected chi connectivity index (χ1v) is 6.92. The Hall–Kier alpha value is -0.0800. The smallest absolute Gasteiger partial charge is 0.0253 e. The van der Waals surface area contributed by atoms with Crippen molar-refractivity contribution >= 4 is 0 Å². The minimum Gasteiger partial charge on any atom is -0.310 e. The molecule has 0 spiro atoms. The van der Waals surface area contributed by atoms with Gasteiger partial charge in [0.15, 0.2) is 0 Å². The van der Waals surface area contributed by atoms with Crippen LogP contribution in [-0.2, 0) is 0 Å². The molecule has 0 radical (unpaired) electrons. The van der Waals surface area contributed by atoms with Crippen LogP contribution in [0.4, 0.5) is 0 Å². The fraction of sp³-hybridized carbons (Fsp3) is 1.00. The molecule has 15 heavy (non-hydrogen) atoms. The molecule has 4 rings (SSSR count). The van der Waals surface area contributed by atoms with Gasteiger partial charge in [-0.05, 0) is 50.9 Å². The molecule has 5 atom stereocenters. The molecular formula is C13H22N2. The average molecular weight is 206 g/mol. The maximum Gasteiger partial charge on any atom is 0.0253 e. The normalized spacial score (nSPS) is 54.0. The largest absolute Gasteiger partial charge is 0.310 e. The van der Waals surface area contributed by atoms with Crippen LogP contribution >= 0.6 is 0 Å². The molecular weight excluding hydrogens is 184 g/mol. The van der Waals surface area contributed by atoms with Crippen LogP contribution < -0.4 is 5.32 Å². The number of piperidine rings is 2. The lowest BCUT2D eigenvalue weighted by atomic mass is 9.96. The predicted molar refractivity (Wildman–Crippen MR) is 60.8 cm³/mol. The number of nitrogens with one attached hydrogen (secondary N) is 1. The van der Waals surface area contributed by atoms with Gasteiger partial charge in [-0.3, -0.25) is 4.90 Å². The summed E-state index contributed by atoms with van der Waals surface area (Å²) in [5.41, 5.74) is 0. The van der Waals surface area contributed by atoms with Crippen LogP contribution in [0.15, 0.2) is 0 Å². The Balaban J connectivity index is 1.53. The quantitative estimate of drug-likeness (QED) is 0.703. The highest BCUT2D eigenvalue weighted by Gasteiger charge is 2.46. The van der Waals surface area contributed by atoms with Crippen molar-refractivity contribution in [3.8, 4) is 0 Å². The van der Waals surface area contributed by atoms with E-state index < -0.39 is 0 Å². The maximum atomic E-state index is 3.84. The van der Waals surface area contributed by atoms with Gasteiger partial charge < -0.3 is 5.32 Å². The second kappa shape index (κ2) is 3.21. The van der Waals surface area contributed by atoms with Crippen molar-refractivity contribution in [1.29, 1.82) is 0 Å². The van der Waals surface area contributed by atoms with Crippen LogP contribution in [0.2, 0.25) is 0 Å². The van der Waals surface area contributed by atoms with Crippen LogP contribution in [0.3, 0.4) is 0 Å². The number of likely N-dealkylation sites (tertiary alicyclic amines) is 1. The molecule has 0 aromatic rings. The van der Waals surface area contributed by atoms with E-state index in [1.807, 2.05) is 0 Å². The molecule has 5 unspecified atom stereocenters. The van der Waals surface area contributed by atoms with E-state index in [0.29, 0.717) is 0 Å². The van der Waals surface area contributed by atoms with Gasteiger partial charge >= 0.3 is 0 Å². The van der Waals surface area contributed by atoms with E-state index in [2.05, 4.69) is 10.2 Å². The number of hydrogen-bond donors (Lipinski definition) is 1. The molecule has 4 fully saturated rings. The van der Waals surface area contributed by atoms with Crippen molar-refractivity contribution in [1.82, 2.24) is 10.2 Å². The Bertz CT molecular complexity index is 265.